The Kier molecular flexibility index (Phi) is 6.75. The Hall–Kier alpha value is -3.68. The molecule has 6 nitrogen and oxygen atoms in total. The van der Waals surface area contributed by atoms with Crippen molar-refractivity contribution in [3.05, 3.63) is 108 Å². The highest BCUT2D eigenvalue weighted by Gasteiger charge is 2.33. The van der Waals surface area contributed by atoms with Gasteiger partial charge in [-0.3, -0.25) is 9.36 Å². The number of halogens is 1. The molecular formula is C29H25ClN2O4S. The molecule has 0 aliphatic carbocycles. The average Bonchev–Trinajstić information content (AvgIpc) is 3.17. The lowest BCUT2D eigenvalue weighted by Crippen LogP contribution is -2.40. The van der Waals surface area contributed by atoms with Crippen molar-refractivity contribution in [1.29, 1.82) is 0 Å². The fourth-order valence-corrected chi connectivity index (χ4v) is 5.71. The van der Waals surface area contributed by atoms with E-state index in [4.69, 9.17) is 21.1 Å². The first-order valence-electron chi connectivity index (χ1n) is 11.8. The lowest BCUT2D eigenvalue weighted by molar-refractivity contribution is -0.143. The molecule has 1 aliphatic rings. The molecule has 0 unspecified atom stereocenters. The fraction of sp³-hybridized carbons (Fsp3) is 0.207. The van der Waals surface area contributed by atoms with Crippen LogP contribution < -0.4 is 19.6 Å². The number of benzene rings is 3. The van der Waals surface area contributed by atoms with Gasteiger partial charge in [0, 0.05) is 10.6 Å². The van der Waals surface area contributed by atoms with Crippen LogP contribution in [0.5, 0.6) is 5.75 Å². The summed E-state index contributed by atoms with van der Waals surface area (Å²) in [5, 5.41) is 2.57. The summed E-state index contributed by atoms with van der Waals surface area (Å²) >= 11 is 7.42. The molecule has 188 valence electrons. The quantitative estimate of drug-likeness (QED) is 0.339. The first kappa shape index (κ1) is 25.0. The number of nitrogens with zero attached hydrogens (tertiary/aromatic N) is 2. The lowest BCUT2D eigenvalue weighted by Gasteiger charge is -2.25. The van der Waals surface area contributed by atoms with Gasteiger partial charge >= 0.3 is 5.97 Å². The summed E-state index contributed by atoms with van der Waals surface area (Å²) in [6.07, 6.45) is 1.53. The lowest BCUT2D eigenvalue weighted by atomic mass is 9.96. The molecular weight excluding hydrogens is 508 g/mol. The largest absolute Gasteiger partial charge is 0.496 e. The number of esters is 1. The highest BCUT2D eigenvalue weighted by atomic mass is 35.5. The molecule has 1 atom stereocenters. The van der Waals surface area contributed by atoms with Gasteiger partial charge in [0.15, 0.2) is 4.80 Å². The Morgan fingerprint density at radius 1 is 1.11 bits per heavy atom. The molecule has 1 aromatic heterocycles. The molecule has 0 saturated carbocycles. The molecule has 37 heavy (non-hydrogen) atoms. The number of methoxy groups -OCH3 is 1. The number of aromatic nitrogens is 1. The highest BCUT2D eigenvalue weighted by molar-refractivity contribution is 7.07. The molecule has 0 N–H and O–H groups in total. The van der Waals surface area contributed by atoms with Gasteiger partial charge in [-0.25, -0.2) is 9.79 Å². The third-order valence-electron chi connectivity index (χ3n) is 6.20. The van der Waals surface area contributed by atoms with Gasteiger partial charge in [-0.15, -0.1) is 0 Å². The SMILES string of the molecule is COc1ccc2ccccc2c1/C=c1/sc2n(c1=O)[C@@H](c1ccc(Cl)cc1)C(C(=O)OC(C)C)=C(C)N=2. The first-order valence-corrected chi connectivity index (χ1v) is 13.0. The van der Waals surface area contributed by atoms with E-state index in [2.05, 4.69) is 4.99 Å². The minimum atomic E-state index is -0.698. The Morgan fingerprint density at radius 3 is 2.54 bits per heavy atom. The summed E-state index contributed by atoms with van der Waals surface area (Å²) in [6.45, 7) is 5.35. The van der Waals surface area contributed by atoms with Gasteiger partial charge in [-0.2, -0.15) is 0 Å². The van der Waals surface area contributed by atoms with Gasteiger partial charge in [-0.1, -0.05) is 65.4 Å². The molecule has 0 radical (unpaired) electrons. The van der Waals surface area contributed by atoms with Crippen LogP contribution in [-0.4, -0.2) is 23.8 Å². The monoisotopic (exact) mass is 532 g/mol. The van der Waals surface area contributed by atoms with Crippen molar-refractivity contribution in [2.45, 2.75) is 32.9 Å². The average molecular weight is 533 g/mol. The van der Waals surface area contributed by atoms with Crippen molar-refractivity contribution in [3.8, 4) is 5.75 Å². The molecule has 0 fully saturated rings. The Morgan fingerprint density at radius 2 is 1.84 bits per heavy atom. The van der Waals surface area contributed by atoms with Crippen LogP contribution in [0.1, 0.15) is 37.9 Å². The van der Waals surface area contributed by atoms with E-state index in [-0.39, 0.29) is 11.7 Å². The highest BCUT2D eigenvalue weighted by Crippen LogP contribution is 2.32. The predicted octanol–water partition coefficient (Wildman–Crippen LogP) is 5.00. The number of allylic oxidation sites excluding steroid dienone is 1. The number of hydrogen-bond acceptors (Lipinski definition) is 6. The third kappa shape index (κ3) is 4.61. The third-order valence-corrected chi connectivity index (χ3v) is 7.43. The molecule has 8 heteroatoms. The van der Waals surface area contributed by atoms with Crippen LogP contribution in [0.4, 0.5) is 0 Å². The molecule has 4 aromatic rings. The summed E-state index contributed by atoms with van der Waals surface area (Å²) < 4.78 is 13.2. The molecule has 0 saturated heterocycles. The second-order valence-electron chi connectivity index (χ2n) is 8.99. The van der Waals surface area contributed by atoms with Crippen LogP contribution in [0.15, 0.2) is 81.7 Å². The van der Waals surface area contributed by atoms with E-state index in [1.807, 2.05) is 54.6 Å². The molecule has 1 aliphatic heterocycles. The van der Waals surface area contributed by atoms with E-state index in [0.29, 0.717) is 31.4 Å². The number of carbonyl (C=O) groups is 1. The Labute approximate surface area is 222 Å². The van der Waals surface area contributed by atoms with E-state index in [1.165, 1.54) is 11.3 Å². The van der Waals surface area contributed by atoms with Crippen molar-refractivity contribution in [1.82, 2.24) is 4.57 Å². The van der Waals surface area contributed by atoms with Crippen LogP contribution in [0.2, 0.25) is 5.02 Å². The van der Waals surface area contributed by atoms with E-state index < -0.39 is 12.0 Å². The van der Waals surface area contributed by atoms with Gasteiger partial charge in [-0.05, 0) is 61.4 Å². The summed E-state index contributed by atoms with van der Waals surface area (Å²) in [5.74, 6) is 0.164. The Balaban J connectivity index is 1.77. The zero-order valence-corrected chi connectivity index (χ0v) is 22.4. The number of rotatable bonds is 5. The Bertz CT molecular complexity index is 1730. The van der Waals surface area contributed by atoms with E-state index >= 15 is 0 Å². The van der Waals surface area contributed by atoms with Gasteiger partial charge in [0.25, 0.3) is 5.56 Å². The van der Waals surface area contributed by atoms with Crippen LogP contribution in [0.3, 0.4) is 0 Å². The van der Waals surface area contributed by atoms with Gasteiger partial charge in [0.05, 0.1) is 35.1 Å². The second-order valence-corrected chi connectivity index (χ2v) is 10.4. The summed E-state index contributed by atoms with van der Waals surface area (Å²) in [7, 11) is 1.61. The van der Waals surface area contributed by atoms with Crippen LogP contribution in [0.25, 0.3) is 16.8 Å². The van der Waals surface area contributed by atoms with Crippen molar-refractivity contribution < 1.29 is 14.3 Å². The number of carbonyl (C=O) groups excluding carboxylic acids is 1. The van der Waals surface area contributed by atoms with Gasteiger partial charge in [0.2, 0.25) is 0 Å². The van der Waals surface area contributed by atoms with Crippen molar-refractivity contribution >= 4 is 45.8 Å². The zero-order valence-electron chi connectivity index (χ0n) is 20.8. The van der Waals surface area contributed by atoms with Crippen LogP contribution in [0, 0.1) is 0 Å². The molecule has 0 spiro atoms. The van der Waals surface area contributed by atoms with E-state index in [9.17, 15) is 9.59 Å². The second kappa shape index (κ2) is 10.00. The van der Waals surface area contributed by atoms with Crippen molar-refractivity contribution in [2.75, 3.05) is 7.11 Å². The van der Waals surface area contributed by atoms with Crippen LogP contribution in [-0.2, 0) is 9.53 Å². The van der Waals surface area contributed by atoms with Gasteiger partial charge < -0.3 is 9.47 Å². The van der Waals surface area contributed by atoms with Crippen molar-refractivity contribution in [3.63, 3.8) is 0 Å². The topological polar surface area (TPSA) is 69.9 Å². The summed E-state index contributed by atoms with van der Waals surface area (Å²) in [6, 6.07) is 18.3. The minimum Gasteiger partial charge on any atom is -0.496 e. The maximum atomic E-state index is 13.9. The number of hydrogen-bond donors (Lipinski definition) is 0. The predicted molar refractivity (Wildman–Crippen MR) is 147 cm³/mol. The summed E-state index contributed by atoms with van der Waals surface area (Å²) in [4.78, 5) is 32.3. The summed E-state index contributed by atoms with van der Waals surface area (Å²) in [5.41, 5.74) is 2.15. The molecule has 2 heterocycles. The first-order chi connectivity index (χ1) is 17.8. The molecule has 0 bridgehead atoms. The fourth-order valence-electron chi connectivity index (χ4n) is 4.55. The maximum absolute atomic E-state index is 13.9. The molecule has 0 amide bonds. The number of ether oxygens (including phenoxy) is 2. The molecule has 5 rings (SSSR count). The maximum Gasteiger partial charge on any atom is 0.338 e. The van der Waals surface area contributed by atoms with E-state index in [0.717, 1.165) is 21.9 Å². The molecule has 3 aromatic carbocycles. The van der Waals surface area contributed by atoms with Crippen LogP contribution >= 0.6 is 22.9 Å². The smallest absolute Gasteiger partial charge is 0.338 e. The van der Waals surface area contributed by atoms with Crippen molar-refractivity contribution in [2.24, 2.45) is 4.99 Å². The normalized spacial score (nSPS) is 15.6. The number of fused-ring (bicyclic) bond motifs is 2. The van der Waals surface area contributed by atoms with E-state index in [1.54, 1.807) is 44.6 Å². The standard InChI is InChI=1S/C29H25ClN2O4S/c1-16(2)36-28(34)25-17(3)31-29-32(26(25)19-9-12-20(30)13-10-19)27(33)24(37-29)15-22-21-8-6-5-7-18(21)11-14-23(22)35-4/h5-16,26H,1-4H3/b24-15+/t26-/m0/s1. The zero-order chi connectivity index (χ0) is 26.3. The minimum absolute atomic E-state index is 0.249. The number of thiazole rings is 1. The van der Waals surface area contributed by atoms with Gasteiger partial charge in [0.1, 0.15) is 5.75 Å².